The van der Waals surface area contributed by atoms with E-state index in [1.54, 1.807) is 0 Å². The van der Waals surface area contributed by atoms with Gasteiger partial charge in [0.1, 0.15) is 5.41 Å². The Morgan fingerprint density at radius 1 is 1.25 bits per heavy atom. The minimum absolute atomic E-state index is 0.0920. The summed E-state index contributed by atoms with van der Waals surface area (Å²) < 4.78 is 0. The van der Waals surface area contributed by atoms with Gasteiger partial charge in [-0.25, -0.2) is 0 Å². The number of aryl methyl sites for hydroxylation is 1. The summed E-state index contributed by atoms with van der Waals surface area (Å²) in [5.74, 6) is -0.0920. The van der Waals surface area contributed by atoms with Gasteiger partial charge in [-0.15, -0.1) is 0 Å². The van der Waals surface area contributed by atoms with Gasteiger partial charge in [0.15, 0.2) is 0 Å². The van der Waals surface area contributed by atoms with Crippen LogP contribution in [-0.2, 0) is 17.8 Å². The summed E-state index contributed by atoms with van der Waals surface area (Å²) in [7, 11) is 0. The van der Waals surface area contributed by atoms with Crippen molar-refractivity contribution in [3.05, 3.63) is 35.4 Å². The highest BCUT2D eigenvalue weighted by atomic mass is 16.2. The topological polar surface area (TPSA) is 52.9 Å². The summed E-state index contributed by atoms with van der Waals surface area (Å²) in [6, 6.07) is 10.4. The van der Waals surface area contributed by atoms with Crippen LogP contribution in [0.5, 0.6) is 0 Å². The Bertz CT molecular complexity index is 510. The fraction of sp³-hybridized carbons (Fsp3) is 0.529. The molecule has 0 heterocycles. The van der Waals surface area contributed by atoms with Crippen LogP contribution in [-0.4, -0.2) is 5.91 Å². The average Bonchev–Trinajstić information content (AvgIpc) is 2.53. The van der Waals surface area contributed by atoms with E-state index in [-0.39, 0.29) is 5.91 Å². The maximum Gasteiger partial charge on any atom is 0.240 e. The molecule has 0 aliphatic heterocycles. The van der Waals surface area contributed by atoms with Crippen LogP contribution in [0.2, 0.25) is 0 Å². The molecule has 106 valence electrons. The van der Waals surface area contributed by atoms with Crippen LogP contribution in [0.3, 0.4) is 0 Å². The molecule has 1 aromatic rings. The van der Waals surface area contributed by atoms with Gasteiger partial charge in [-0.3, -0.25) is 4.79 Å². The van der Waals surface area contributed by atoms with E-state index in [4.69, 9.17) is 0 Å². The van der Waals surface area contributed by atoms with Gasteiger partial charge in [0.25, 0.3) is 0 Å². The minimum atomic E-state index is -0.792. The standard InChI is InChI=1S/C17H22N2O/c1-2-14-8-4-5-9-15(14)12-19-16(20)17(13-18)10-6-3-7-11-17/h4-5,8-9H,2-3,6-7,10-12H2,1H3,(H,19,20). The molecule has 1 aliphatic carbocycles. The summed E-state index contributed by atoms with van der Waals surface area (Å²) in [4.78, 5) is 12.4. The van der Waals surface area contributed by atoms with Crippen LogP contribution in [0.15, 0.2) is 24.3 Å². The molecular weight excluding hydrogens is 248 g/mol. The number of carbonyl (C=O) groups is 1. The summed E-state index contributed by atoms with van der Waals surface area (Å²) >= 11 is 0. The summed E-state index contributed by atoms with van der Waals surface area (Å²) in [6.45, 7) is 2.63. The predicted molar refractivity (Wildman–Crippen MR) is 78.8 cm³/mol. The highest BCUT2D eigenvalue weighted by Crippen LogP contribution is 2.35. The lowest BCUT2D eigenvalue weighted by Gasteiger charge is -2.29. The number of hydrogen-bond donors (Lipinski definition) is 1. The number of nitriles is 1. The second-order valence-corrected chi connectivity index (χ2v) is 5.56. The zero-order valence-electron chi connectivity index (χ0n) is 12.1. The molecule has 1 N–H and O–H groups in total. The zero-order valence-corrected chi connectivity index (χ0v) is 12.1. The van der Waals surface area contributed by atoms with Gasteiger partial charge in [-0.05, 0) is 30.4 Å². The maximum atomic E-state index is 12.4. The normalized spacial score (nSPS) is 17.2. The van der Waals surface area contributed by atoms with Gasteiger partial charge in [0, 0.05) is 6.54 Å². The molecule has 0 atom stereocenters. The second-order valence-electron chi connectivity index (χ2n) is 5.56. The second kappa shape index (κ2) is 6.56. The van der Waals surface area contributed by atoms with E-state index in [1.807, 2.05) is 18.2 Å². The Labute approximate surface area is 121 Å². The molecule has 0 saturated heterocycles. The maximum absolute atomic E-state index is 12.4. The minimum Gasteiger partial charge on any atom is -0.351 e. The predicted octanol–water partition coefficient (Wildman–Crippen LogP) is 3.34. The van der Waals surface area contributed by atoms with Crippen LogP contribution in [0.1, 0.15) is 50.2 Å². The summed E-state index contributed by atoms with van der Waals surface area (Å²) in [5.41, 5.74) is 1.61. The van der Waals surface area contributed by atoms with Crippen molar-refractivity contribution >= 4 is 5.91 Å². The van der Waals surface area contributed by atoms with E-state index in [1.165, 1.54) is 5.56 Å². The van der Waals surface area contributed by atoms with Gasteiger partial charge in [0.2, 0.25) is 5.91 Å². The number of nitrogens with zero attached hydrogens (tertiary/aromatic N) is 1. The van der Waals surface area contributed by atoms with Crippen LogP contribution >= 0.6 is 0 Å². The molecule has 1 fully saturated rings. The molecule has 0 spiro atoms. The third-order valence-electron chi connectivity index (χ3n) is 4.29. The number of hydrogen-bond acceptors (Lipinski definition) is 2. The summed E-state index contributed by atoms with van der Waals surface area (Å²) in [6.07, 6.45) is 5.44. The lowest BCUT2D eigenvalue weighted by Crippen LogP contribution is -2.41. The fourth-order valence-corrected chi connectivity index (χ4v) is 2.96. The monoisotopic (exact) mass is 270 g/mol. The zero-order chi connectivity index (χ0) is 14.4. The lowest BCUT2D eigenvalue weighted by atomic mass is 9.74. The van der Waals surface area contributed by atoms with Gasteiger partial charge in [-0.1, -0.05) is 50.5 Å². The first-order chi connectivity index (χ1) is 9.72. The first kappa shape index (κ1) is 14.6. The SMILES string of the molecule is CCc1ccccc1CNC(=O)C1(C#N)CCCCC1. The van der Waals surface area contributed by atoms with Gasteiger partial charge < -0.3 is 5.32 Å². The molecule has 20 heavy (non-hydrogen) atoms. The largest absolute Gasteiger partial charge is 0.351 e. The molecule has 0 unspecified atom stereocenters. The molecular formula is C17H22N2O. The Balaban J connectivity index is 2.03. The Hall–Kier alpha value is -1.82. The highest BCUT2D eigenvalue weighted by Gasteiger charge is 2.39. The number of carbonyl (C=O) groups excluding carboxylic acids is 1. The van der Waals surface area contributed by atoms with E-state index in [2.05, 4.69) is 24.4 Å². The van der Waals surface area contributed by atoms with Crippen molar-refractivity contribution in [1.29, 1.82) is 5.26 Å². The van der Waals surface area contributed by atoms with Crippen molar-refractivity contribution in [1.82, 2.24) is 5.32 Å². The molecule has 3 nitrogen and oxygen atoms in total. The van der Waals surface area contributed by atoms with Crippen LogP contribution in [0.25, 0.3) is 0 Å². The molecule has 1 aromatic carbocycles. The summed E-state index contributed by atoms with van der Waals surface area (Å²) in [5, 5.41) is 12.4. The Morgan fingerprint density at radius 3 is 2.50 bits per heavy atom. The van der Waals surface area contributed by atoms with Crippen molar-refractivity contribution in [2.24, 2.45) is 5.41 Å². The van der Waals surface area contributed by atoms with E-state index in [9.17, 15) is 10.1 Å². The van der Waals surface area contributed by atoms with Crippen molar-refractivity contribution in [2.45, 2.75) is 52.0 Å². The molecule has 0 radical (unpaired) electrons. The molecule has 0 aromatic heterocycles. The van der Waals surface area contributed by atoms with Gasteiger partial charge >= 0.3 is 0 Å². The van der Waals surface area contributed by atoms with Crippen molar-refractivity contribution in [2.75, 3.05) is 0 Å². The molecule has 0 bridgehead atoms. The highest BCUT2D eigenvalue weighted by molar-refractivity contribution is 5.85. The molecule has 2 rings (SSSR count). The molecule has 1 aliphatic rings. The first-order valence-electron chi connectivity index (χ1n) is 7.48. The van der Waals surface area contributed by atoms with E-state index in [0.717, 1.165) is 31.2 Å². The fourth-order valence-electron chi connectivity index (χ4n) is 2.96. The quantitative estimate of drug-likeness (QED) is 0.912. The number of rotatable bonds is 4. The van der Waals surface area contributed by atoms with E-state index in [0.29, 0.717) is 19.4 Å². The van der Waals surface area contributed by atoms with Gasteiger partial charge in [-0.2, -0.15) is 5.26 Å². The van der Waals surface area contributed by atoms with Crippen molar-refractivity contribution < 1.29 is 4.79 Å². The Morgan fingerprint density at radius 2 is 1.90 bits per heavy atom. The molecule has 1 saturated carbocycles. The van der Waals surface area contributed by atoms with Crippen LogP contribution in [0.4, 0.5) is 0 Å². The van der Waals surface area contributed by atoms with Gasteiger partial charge in [0.05, 0.1) is 6.07 Å². The molecule has 3 heteroatoms. The number of amides is 1. The average molecular weight is 270 g/mol. The number of benzene rings is 1. The van der Waals surface area contributed by atoms with Crippen LogP contribution < -0.4 is 5.32 Å². The van der Waals surface area contributed by atoms with E-state index >= 15 is 0 Å². The van der Waals surface area contributed by atoms with Crippen LogP contribution in [0, 0.1) is 16.7 Å². The Kier molecular flexibility index (Phi) is 4.79. The van der Waals surface area contributed by atoms with E-state index < -0.39 is 5.41 Å². The lowest BCUT2D eigenvalue weighted by molar-refractivity contribution is -0.129. The third kappa shape index (κ3) is 3.01. The van der Waals surface area contributed by atoms with Crippen molar-refractivity contribution in [3.8, 4) is 6.07 Å². The number of nitrogens with one attached hydrogen (secondary N) is 1. The smallest absolute Gasteiger partial charge is 0.240 e. The molecule has 1 amide bonds. The third-order valence-corrected chi connectivity index (χ3v) is 4.29. The van der Waals surface area contributed by atoms with Crippen molar-refractivity contribution in [3.63, 3.8) is 0 Å². The first-order valence-corrected chi connectivity index (χ1v) is 7.48.